The van der Waals surface area contributed by atoms with E-state index in [4.69, 9.17) is 0 Å². The van der Waals surface area contributed by atoms with E-state index in [9.17, 15) is 0 Å². The molecule has 2 nitrogen and oxygen atoms in total. The van der Waals surface area contributed by atoms with Crippen molar-refractivity contribution in [3.8, 4) is 0 Å². The molecule has 0 radical (unpaired) electrons. The van der Waals surface area contributed by atoms with Gasteiger partial charge >= 0.3 is 0 Å². The highest BCUT2D eigenvalue weighted by Gasteiger charge is 2.30. The van der Waals surface area contributed by atoms with Crippen LogP contribution < -0.4 is 5.32 Å². The Morgan fingerprint density at radius 2 is 1.62 bits per heavy atom. The standard InChI is InChI=1S/C19H40N2/c1-8-13-19(6,14-20-18(3,4)5)15-21(7)17-11-9-16(2)10-12-17/h16-17,20H,8-15H2,1-7H3. The van der Waals surface area contributed by atoms with Crippen LogP contribution in [0.5, 0.6) is 0 Å². The van der Waals surface area contributed by atoms with Crippen LogP contribution in [0.2, 0.25) is 0 Å². The second-order valence-electron chi connectivity index (χ2n) is 8.99. The highest BCUT2D eigenvalue weighted by molar-refractivity contribution is 4.86. The van der Waals surface area contributed by atoms with Gasteiger partial charge < -0.3 is 10.2 Å². The Balaban J connectivity index is 2.55. The third-order valence-corrected chi connectivity index (χ3v) is 5.14. The maximum Gasteiger partial charge on any atom is 0.00967 e. The van der Waals surface area contributed by atoms with Gasteiger partial charge in [0.15, 0.2) is 0 Å². The van der Waals surface area contributed by atoms with Crippen molar-refractivity contribution < 1.29 is 0 Å². The molecule has 0 bridgehead atoms. The van der Waals surface area contributed by atoms with Gasteiger partial charge in [-0.15, -0.1) is 0 Å². The van der Waals surface area contributed by atoms with Gasteiger partial charge in [0.2, 0.25) is 0 Å². The summed E-state index contributed by atoms with van der Waals surface area (Å²) in [5.74, 6) is 0.944. The molecule has 0 spiro atoms. The highest BCUT2D eigenvalue weighted by Crippen LogP contribution is 2.30. The summed E-state index contributed by atoms with van der Waals surface area (Å²) in [6.07, 6.45) is 8.21. The molecule has 0 aliphatic heterocycles. The van der Waals surface area contributed by atoms with Crippen LogP contribution in [-0.4, -0.2) is 36.6 Å². The highest BCUT2D eigenvalue weighted by atomic mass is 15.1. The van der Waals surface area contributed by atoms with Crippen molar-refractivity contribution in [2.24, 2.45) is 11.3 Å². The Kier molecular flexibility index (Phi) is 7.19. The van der Waals surface area contributed by atoms with E-state index in [2.05, 4.69) is 58.8 Å². The van der Waals surface area contributed by atoms with Crippen molar-refractivity contribution >= 4 is 0 Å². The van der Waals surface area contributed by atoms with Crippen molar-refractivity contribution in [1.29, 1.82) is 0 Å². The quantitative estimate of drug-likeness (QED) is 0.733. The minimum Gasteiger partial charge on any atom is -0.311 e. The SMILES string of the molecule is CCCC(C)(CNC(C)(C)C)CN(C)C1CCC(C)CC1. The normalized spacial score (nSPS) is 26.9. The maximum absolute atomic E-state index is 3.74. The number of nitrogens with one attached hydrogen (secondary N) is 1. The van der Waals surface area contributed by atoms with Gasteiger partial charge in [0, 0.05) is 24.7 Å². The molecule has 1 aliphatic rings. The fourth-order valence-corrected chi connectivity index (χ4v) is 3.72. The van der Waals surface area contributed by atoms with Gasteiger partial charge in [-0.1, -0.05) is 27.2 Å². The molecule has 0 aromatic heterocycles. The summed E-state index contributed by atoms with van der Waals surface area (Å²) < 4.78 is 0. The lowest BCUT2D eigenvalue weighted by Gasteiger charge is -2.41. The summed E-state index contributed by atoms with van der Waals surface area (Å²) >= 11 is 0. The molecule has 1 saturated carbocycles. The molecule has 1 fully saturated rings. The minimum atomic E-state index is 0.216. The van der Waals surface area contributed by atoms with Crippen molar-refractivity contribution in [1.82, 2.24) is 10.2 Å². The van der Waals surface area contributed by atoms with Crippen LogP contribution in [0.15, 0.2) is 0 Å². The predicted molar refractivity (Wildman–Crippen MR) is 94.8 cm³/mol. The van der Waals surface area contributed by atoms with E-state index in [1.165, 1.54) is 45.1 Å². The Hall–Kier alpha value is -0.0800. The Morgan fingerprint density at radius 1 is 1.05 bits per heavy atom. The van der Waals surface area contributed by atoms with Gasteiger partial charge in [-0.25, -0.2) is 0 Å². The third kappa shape index (κ3) is 7.15. The molecule has 126 valence electrons. The first-order chi connectivity index (χ1) is 9.65. The molecule has 1 atom stereocenters. The lowest BCUT2D eigenvalue weighted by atomic mass is 9.82. The van der Waals surface area contributed by atoms with Crippen molar-refractivity contribution in [2.75, 3.05) is 20.1 Å². The molecule has 0 aromatic rings. The summed E-state index contributed by atoms with van der Waals surface area (Å²) in [5, 5.41) is 3.74. The zero-order valence-electron chi connectivity index (χ0n) is 15.8. The van der Waals surface area contributed by atoms with Gasteiger partial charge in [-0.05, 0) is 71.3 Å². The largest absolute Gasteiger partial charge is 0.311 e. The summed E-state index contributed by atoms with van der Waals surface area (Å²) in [7, 11) is 2.35. The zero-order valence-corrected chi connectivity index (χ0v) is 15.8. The fraction of sp³-hybridized carbons (Fsp3) is 1.00. The first kappa shape index (κ1) is 19.0. The topological polar surface area (TPSA) is 15.3 Å². The van der Waals surface area contributed by atoms with Crippen LogP contribution in [0.4, 0.5) is 0 Å². The summed E-state index contributed by atoms with van der Waals surface area (Å²) in [5.41, 5.74) is 0.605. The van der Waals surface area contributed by atoms with E-state index in [1.807, 2.05) is 0 Å². The van der Waals surface area contributed by atoms with Gasteiger partial charge in [-0.2, -0.15) is 0 Å². The summed E-state index contributed by atoms with van der Waals surface area (Å²) in [6, 6.07) is 0.812. The molecule has 1 N–H and O–H groups in total. The molecule has 0 aromatic carbocycles. The molecular weight excluding hydrogens is 256 g/mol. The average molecular weight is 297 g/mol. The van der Waals surface area contributed by atoms with E-state index in [0.717, 1.165) is 18.5 Å². The number of hydrogen-bond acceptors (Lipinski definition) is 2. The fourth-order valence-electron chi connectivity index (χ4n) is 3.72. The first-order valence-electron chi connectivity index (χ1n) is 9.10. The van der Waals surface area contributed by atoms with E-state index < -0.39 is 0 Å². The van der Waals surface area contributed by atoms with Crippen molar-refractivity contribution in [3.05, 3.63) is 0 Å². The predicted octanol–water partition coefficient (Wildman–Crippen LogP) is 4.69. The van der Waals surface area contributed by atoms with Crippen molar-refractivity contribution in [3.63, 3.8) is 0 Å². The number of rotatable bonds is 7. The van der Waals surface area contributed by atoms with Gasteiger partial charge in [0.25, 0.3) is 0 Å². The lowest BCUT2D eigenvalue weighted by Crippen LogP contribution is -2.49. The Labute approximate surface area is 134 Å². The monoisotopic (exact) mass is 296 g/mol. The van der Waals surface area contributed by atoms with E-state index in [-0.39, 0.29) is 5.54 Å². The molecule has 1 aliphatic carbocycles. The van der Waals surface area contributed by atoms with Crippen LogP contribution in [0.1, 0.15) is 80.1 Å². The average Bonchev–Trinajstić information content (AvgIpc) is 2.37. The van der Waals surface area contributed by atoms with E-state index in [0.29, 0.717) is 5.41 Å². The lowest BCUT2D eigenvalue weighted by molar-refractivity contribution is 0.101. The molecule has 0 amide bonds. The molecule has 2 heteroatoms. The van der Waals surface area contributed by atoms with Gasteiger partial charge in [0.05, 0.1) is 0 Å². The van der Waals surface area contributed by atoms with Gasteiger partial charge in [-0.3, -0.25) is 0 Å². The number of hydrogen-bond donors (Lipinski definition) is 1. The molecule has 1 unspecified atom stereocenters. The molecule has 1 rings (SSSR count). The smallest absolute Gasteiger partial charge is 0.00967 e. The zero-order chi connectivity index (χ0) is 16.1. The van der Waals surface area contributed by atoms with Crippen LogP contribution in [-0.2, 0) is 0 Å². The van der Waals surface area contributed by atoms with E-state index >= 15 is 0 Å². The molecular formula is C19H40N2. The van der Waals surface area contributed by atoms with Crippen LogP contribution in [0.25, 0.3) is 0 Å². The maximum atomic E-state index is 3.74. The minimum absolute atomic E-state index is 0.216. The number of nitrogens with zero attached hydrogens (tertiary/aromatic N) is 1. The van der Waals surface area contributed by atoms with Gasteiger partial charge in [0.1, 0.15) is 0 Å². The summed E-state index contributed by atoms with van der Waals surface area (Å²) in [6.45, 7) is 16.4. The van der Waals surface area contributed by atoms with Crippen LogP contribution in [0.3, 0.4) is 0 Å². The second kappa shape index (κ2) is 7.97. The molecule has 0 heterocycles. The Bertz CT molecular complexity index is 286. The van der Waals surface area contributed by atoms with E-state index in [1.54, 1.807) is 0 Å². The third-order valence-electron chi connectivity index (χ3n) is 5.14. The summed E-state index contributed by atoms with van der Waals surface area (Å²) in [4.78, 5) is 2.66. The van der Waals surface area contributed by atoms with Crippen LogP contribution in [0, 0.1) is 11.3 Å². The Morgan fingerprint density at radius 3 is 2.10 bits per heavy atom. The first-order valence-corrected chi connectivity index (χ1v) is 9.10. The molecule has 21 heavy (non-hydrogen) atoms. The van der Waals surface area contributed by atoms with Crippen molar-refractivity contribution in [2.45, 2.75) is 91.6 Å². The van der Waals surface area contributed by atoms with Crippen LogP contribution >= 0.6 is 0 Å². The molecule has 0 saturated heterocycles. The second-order valence-corrected chi connectivity index (χ2v) is 8.99.